The molecule has 0 amide bonds. The van der Waals surface area contributed by atoms with Crippen LogP contribution >= 0.6 is 23.6 Å². The molecule has 0 aliphatic carbocycles. The molecule has 0 fully saturated rings. The number of nitrogens with one attached hydrogen (secondary N) is 2. The second-order valence-electron chi connectivity index (χ2n) is 4.09. The third-order valence-electron chi connectivity index (χ3n) is 2.95. The Labute approximate surface area is 122 Å². The van der Waals surface area contributed by atoms with Crippen LogP contribution in [-0.4, -0.2) is 9.97 Å². The Bertz CT molecular complexity index is 855. The lowest BCUT2D eigenvalue weighted by molar-refractivity contribution is 0.375. The van der Waals surface area contributed by atoms with Crippen LogP contribution in [0.4, 0.5) is 0 Å². The number of hydrogen-bond donors (Lipinski definition) is 3. The van der Waals surface area contributed by atoms with Crippen molar-refractivity contribution in [2.45, 2.75) is 5.92 Å². The van der Waals surface area contributed by atoms with E-state index in [1.807, 2.05) is 23.6 Å². The highest BCUT2D eigenvalue weighted by Gasteiger charge is 2.34. The third-order valence-corrected chi connectivity index (χ3v) is 4.09. The van der Waals surface area contributed by atoms with E-state index in [4.69, 9.17) is 22.7 Å². The number of nitriles is 1. The number of rotatable bonds is 1. The molecule has 2 aromatic rings. The number of H-pyrrole nitrogens is 2. The van der Waals surface area contributed by atoms with Gasteiger partial charge in [0.25, 0.3) is 5.56 Å². The maximum atomic E-state index is 12.2. The zero-order chi connectivity index (χ0) is 14.3. The third kappa shape index (κ3) is 1.84. The topological polar surface area (TPSA) is 108 Å². The number of aromatic nitrogens is 2. The molecule has 2 aromatic heterocycles. The van der Waals surface area contributed by atoms with Crippen LogP contribution in [0, 0.1) is 16.1 Å². The molecule has 4 N–H and O–H groups in total. The Morgan fingerprint density at radius 1 is 1.50 bits per heavy atom. The van der Waals surface area contributed by atoms with E-state index >= 15 is 0 Å². The summed E-state index contributed by atoms with van der Waals surface area (Å²) in [7, 11) is 0. The predicted octanol–water partition coefficient (Wildman–Crippen LogP) is 1.71. The molecule has 1 aliphatic heterocycles. The highest BCUT2D eigenvalue weighted by Crippen LogP contribution is 2.40. The Kier molecular flexibility index (Phi) is 2.93. The number of ether oxygens (including phenoxy) is 1. The molecule has 0 aromatic carbocycles. The molecule has 1 unspecified atom stereocenters. The summed E-state index contributed by atoms with van der Waals surface area (Å²) in [5, 5.41) is 11.2. The van der Waals surface area contributed by atoms with E-state index in [1.54, 1.807) is 0 Å². The number of nitrogens with two attached hydrogens (primary N) is 1. The lowest BCUT2D eigenvalue weighted by Gasteiger charge is -2.23. The first-order chi connectivity index (χ1) is 9.61. The minimum atomic E-state index is -0.542. The molecule has 0 bridgehead atoms. The first-order valence-corrected chi connectivity index (χ1v) is 6.88. The quantitative estimate of drug-likeness (QED) is 0.695. The zero-order valence-electron chi connectivity index (χ0n) is 9.97. The Balaban J connectivity index is 2.35. The van der Waals surface area contributed by atoms with Crippen LogP contribution in [-0.2, 0) is 0 Å². The number of thiophene rings is 1. The predicted molar refractivity (Wildman–Crippen MR) is 75.9 cm³/mol. The molecule has 8 heteroatoms. The van der Waals surface area contributed by atoms with Crippen LogP contribution in [0.25, 0.3) is 0 Å². The standard InChI is InChI=1S/C12H8N4O2S2/c13-4-5-7(6-2-1-3-20-6)8-10(17)15-12(19)16-11(8)18-9(5)14/h1-3,7H,14H2,(H2,15,16,17,19). The van der Waals surface area contributed by atoms with Crippen molar-refractivity contribution in [2.24, 2.45) is 5.73 Å². The fourth-order valence-electron chi connectivity index (χ4n) is 2.13. The van der Waals surface area contributed by atoms with Gasteiger partial charge in [0.1, 0.15) is 11.6 Å². The van der Waals surface area contributed by atoms with Gasteiger partial charge in [0.15, 0.2) is 4.77 Å². The molecule has 0 radical (unpaired) electrons. The number of aromatic amines is 2. The molecule has 0 saturated heterocycles. The van der Waals surface area contributed by atoms with Gasteiger partial charge in [-0.25, -0.2) is 0 Å². The summed E-state index contributed by atoms with van der Waals surface area (Å²) in [6, 6.07) is 5.71. The maximum Gasteiger partial charge on any atom is 0.259 e. The number of nitrogens with zero attached hydrogens (tertiary/aromatic N) is 1. The zero-order valence-corrected chi connectivity index (χ0v) is 11.6. The van der Waals surface area contributed by atoms with E-state index < -0.39 is 5.92 Å². The molecular formula is C12H8N4O2S2. The summed E-state index contributed by atoms with van der Waals surface area (Å²) in [6.07, 6.45) is 0. The average molecular weight is 304 g/mol. The normalized spacial score (nSPS) is 17.2. The average Bonchev–Trinajstić information content (AvgIpc) is 2.90. The van der Waals surface area contributed by atoms with Crippen LogP contribution in [0.1, 0.15) is 16.4 Å². The van der Waals surface area contributed by atoms with E-state index in [1.165, 1.54) is 11.3 Å². The first-order valence-electron chi connectivity index (χ1n) is 5.59. The van der Waals surface area contributed by atoms with Crippen molar-refractivity contribution in [1.82, 2.24) is 9.97 Å². The van der Waals surface area contributed by atoms with Crippen molar-refractivity contribution in [3.63, 3.8) is 0 Å². The second kappa shape index (κ2) is 4.63. The van der Waals surface area contributed by atoms with Crippen molar-refractivity contribution in [3.05, 3.63) is 54.5 Å². The summed E-state index contributed by atoms with van der Waals surface area (Å²) < 4.78 is 5.47. The lowest BCUT2D eigenvalue weighted by Crippen LogP contribution is -2.28. The Hall–Kier alpha value is -2.37. The van der Waals surface area contributed by atoms with Crippen molar-refractivity contribution < 1.29 is 4.74 Å². The summed E-state index contributed by atoms with van der Waals surface area (Å²) in [4.78, 5) is 18.3. The molecule has 6 nitrogen and oxygen atoms in total. The molecule has 1 aliphatic rings. The van der Waals surface area contributed by atoms with Crippen molar-refractivity contribution in [1.29, 1.82) is 5.26 Å². The van der Waals surface area contributed by atoms with Crippen molar-refractivity contribution in [2.75, 3.05) is 0 Å². The van der Waals surface area contributed by atoms with Gasteiger partial charge in [-0.05, 0) is 23.7 Å². The van der Waals surface area contributed by atoms with E-state index in [9.17, 15) is 10.1 Å². The van der Waals surface area contributed by atoms with Gasteiger partial charge in [0.2, 0.25) is 11.8 Å². The maximum absolute atomic E-state index is 12.2. The first kappa shape index (κ1) is 12.7. The molecule has 3 heterocycles. The lowest BCUT2D eigenvalue weighted by atomic mass is 9.90. The van der Waals surface area contributed by atoms with E-state index in [2.05, 4.69) is 9.97 Å². The largest absolute Gasteiger partial charge is 0.424 e. The van der Waals surface area contributed by atoms with Crippen LogP contribution in [0.2, 0.25) is 0 Å². The summed E-state index contributed by atoms with van der Waals surface area (Å²) in [5.74, 6) is -0.373. The SMILES string of the molecule is N#CC1=C(N)Oc2[nH]c(=S)[nH]c(=O)c2C1c1cccs1. The highest BCUT2D eigenvalue weighted by molar-refractivity contribution is 7.71. The number of hydrogen-bond acceptors (Lipinski definition) is 6. The molecule has 100 valence electrons. The van der Waals surface area contributed by atoms with Gasteiger partial charge in [0.05, 0.1) is 11.5 Å². The van der Waals surface area contributed by atoms with Crippen LogP contribution < -0.4 is 16.0 Å². The Morgan fingerprint density at radius 3 is 2.95 bits per heavy atom. The monoisotopic (exact) mass is 304 g/mol. The molecule has 0 spiro atoms. The van der Waals surface area contributed by atoms with Gasteiger partial charge in [-0.3, -0.25) is 9.78 Å². The van der Waals surface area contributed by atoms with Gasteiger partial charge in [-0.15, -0.1) is 11.3 Å². The molecule has 3 rings (SSSR count). The van der Waals surface area contributed by atoms with Crippen molar-refractivity contribution in [3.8, 4) is 11.9 Å². The van der Waals surface area contributed by atoms with Gasteiger partial charge < -0.3 is 15.5 Å². The van der Waals surface area contributed by atoms with Gasteiger partial charge in [-0.2, -0.15) is 5.26 Å². The van der Waals surface area contributed by atoms with Gasteiger partial charge in [-0.1, -0.05) is 6.07 Å². The van der Waals surface area contributed by atoms with Gasteiger partial charge >= 0.3 is 0 Å². The number of allylic oxidation sites excluding steroid dienone is 1. The summed E-state index contributed by atoms with van der Waals surface area (Å²) >= 11 is 6.35. The molecule has 1 atom stereocenters. The molecular weight excluding hydrogens is 296 g/mol. The number of fused-ring (bicyclic) bond motifs is 1. The van der Waals surface area contributed by atoms with Crippen LogP contribution in [0.15, 0.2) is 33.8 Å². The summed E-state index contributed by atoms with van der Waals surface area (Å²) in [5.41, 5.74) is 5.92. The van der Waals surface area contributed by atoms with Crippen molar-refractivity contribution >= 4 is 23.6 Å². The second-order valence-corrected chi connectivity index (χ2v) is 5.48. The van der Waals surface area contributed by atoms with Crippen LogP contribution in [0.5, 0.6) is 5.88 Å². The highest BCUT2D eigenvalue weighted by atomic mass is 32.1. The van der Waals surface area contributed by atoms with E-state index in [0.29, 0.717) is 5.56 Å². The molecule has 20 heavy (non-hydrogen) atoms. The van der Waals surface area contributed by atoms with E-state index in [-0.39, 0.29) is 27.7 Å². The fraction of sp³-hybridized carbons (Fsp3) is 0.0833. The van der Waals surface area contributed by atoms with Gasteiger partial charge in [0, 0.05) is 4.88 Å². The molecule has 0 saturated carbocycles. The van der Waals surface area contributed by atoms with Crippen LogP contribution in [0.3, 0.4) is 0 Å². The Morgan fingerprint density at radius 2 is 2.30 bits per heavy atom. The minimum Gasteiger partial charge on any atom is -0.424 e. The fourth-order valence-corrected chi connectivity index (χ4v) is 3.16. The summed E-state index contributed by atoms with van der Waals surface area (Å²) in [6.45, 7) is 0. The minimum absolute atomic E-state index is 0.0188. The van der Waals surface area contributed by atoms with E-state index in [0.717, 1.165) is 4.88 Å². The smallest absolute Gasteiger partial charge is 0.259 e.